The van der Waals surface area contributed by atoms with E-state index >= 15 is 0 Å². The van der Waals surface area contributed by atoms with E-state index in [1.54, 1.807) is 10.9 Å². The first kappa shape index (κ1) is 16.6. The summed E-state index contributed by atoms with van der Waals surface area (Å²) in [4.78, 5) is 15.2. The Labute approximate surface area is 153 Å². The molecule has 26 heavy (non-hydrogen) atoms. The van der Waals surface area contributed by atoms with Crippen LogP contribution in [0.2, 0.25) is 0 Å². The van der Waals surface area contributed by atoms with Gasteiger partial charge in [-0.3, -0.25) is 4.79 Å². The molecule has 1 aliphatic rings. The number of carbonyl (C=O) groups is 1. The number of benzene rings is 1. The lowest BCUT2D eigenvalue weighted by molar-refractivity contribution is 0.0949. The first-order chi connectivity index (χ1) is 12.8. The van der Waals surface area contributed by atoms with E-state index < -0.39 is 0 Å². The number of nitrogens with zero attached hydrogens (tertiary/aromatic N) is 4. The summed E-state index contributed by atoms with van der Waals surface area (Å²) in [5.74, 6) is 0.662. The Morgan fingerprint density at radius 2 is 1.77 bits per heavy atom. The monoisotopic (exact) mass is 349 g/mol. The van der Waals surface area contributed by atoms with E-state index in [2.05, 4.69) is 15.3 Å². The molecule has 1 N–H and O–H groups in total. The molecule has 1 amide bonds. The summed E-state index contributed by atoms with van der Waals surface area (Å²) >= 11 is 0. The summed E-state index contributed by atoms with van der Waals surface area (Å²) in [7, 11) is 0. The van der Waals surface area contributed by atoms with Gasteiger partial charge < -0.3 is 14.8 Å². The van der Waals surface area contributed by atoms with Crippen molar-refractivity contribution < 1.29 is 4.79 Å². The van der Waals surface area contributed by atoms with Crippen molar-refractivity contribution in [1.29, 1.82) is 0 Å². The molecule has 0 aliphatic carbocycles. The van der Waals surface area contributed by atoms with Crippen molar-refractivity contribution in [2.24, 2.45) is 0 Å². The van der Waals surface area contributed by atoms with Crippen LogP contribution in [0.15, 0.2) is 61.1 Å². The van der Waals surface area contributed by atoms with Gasteiger partial charge in [-0.1, -0.05) is 18.2 Å². The van der Waals surface area contributed by atoms with Crippen molar-refractivity contribution in [3.8, 4) is 11.5 Å². The van der Waals surface area contributed by atoms with Crippen molar-refractivity contribution in [3.63, 3.8) is 0 Å². The molecule has 1 aromatic carbocycles. The third kappa shape index (κ3) is 3.41. The maximum Gasteiger partial charge on any atom is 0.256 e. The molecule has 6 nitrogen and oxygen atoms in total. The van der Waals surface area contributed by atoms with Gasteiger partial charge in [0.2, 0.25) is 0 Å². The maximum atomic E-state index is 12.8. The average molecular weight is 349 g/mol. The van der Waals surface area contributed by atoms with Crippen LogP contribution < -0.4 is 5.32 Å². The Balaban J connectivity index is 1.57. The molecular formula is C20H23N5O. The summed E-state index contributed by atoms with van der Waals surface area (Å²) in [5, 5.41) is 7.52. The van der Waals surface area contributed by atoms with Crippen LogP contribution in [-0.4, -0.2) is 51.3 Å². The summed E-state index contributed by atoms with van der Waals surface area (Å²) < 4.78 is 3.73. The van der Waals surface area contributed by atoms with Gasteiger partial charge in [-0.05, 0) is 50.2 Å². The van der Waals surface area contributed by atoms with Crippen LogP contribution in [0, 0.1) is 0 Å². The Kier molecular flexibility index (Phi) is 4.84. The van der Waals surface area contributed by atoms with Crippen LogP contribution in [0.3, 0.4) is 0 Å². The number of aromatic nitrogens is 3. The van der Waals surface area contributed by atoms with Crippen LogP contribution in [0.1, 0.15) is 23.2 Å². The molecule has 0 radical (unpaired) electrons. The number of likely N-dealkylation sites (tertiary alicyclic amines) is 1. The van der Waals surface area contributed by atoms with Crippen LogP contribution in [0.25, 0.3) is 11.5 Å². The molecule has 3 aromatic rings. The van der Waals surface area contributed by atoms with E-state index in [9.17, 15) is 4.79 Å². The number of nitrogens with one attached hydrogen (secondary N) is 1. The van der Waals surface area contributed by atoms with E-state index in [0.29, 0.717) is 12.1 Å². The molecule has 0 unspecified atom stereocenters. The Morgan fingerprint density at radius 1 is 1.04 bits per heavy atom. The van der Waals surface area contributed by atoms with Crippen molar-refractivity contribution in [2.45, 2.75) is 12.8 Å². The van der Waals surface area contributed by atoms with E-state index in [0.717, 1.165) is 31.1 Å². The van der Waals surface area contributed by atoms with Crippen molar-refractivity contribution in [3.05, 3.63) is 66.6 Å². The molecule has 0 bridgehead atoms. The summed E-state index contributed by atoms with van der Waals surface area (Å²) in [6, 6.07) is 13.7. The quantitative estimate of drug-likeness (QED) is 0.744. The molecule has 4 rings (SSSR count). The Hall–Kier alpha value is -2.86. The lowest BCUT2D eigenvalue weighted by atomic mass is 10.2. The van der Waals surface area contributed by atoms with Gasteiger partial charge in [0.1, 0.15) is 5.56 Å². The van der Waals surface area contributed by atoms with Crippen molar-refractivity contribution >= 4 is 5.91 Å². The number of hydrogen-bond donors (Lipinski definition) is 1. The number of amides is 1. The molecule has 3 heterocycles. The van der Waals surface area contributed by atoms with E-state index in [-0.39, 0.29) is 5.91 Å². The van der Waals surface area contributed by atoms with E-state index in [1.165, 1.54) is 12.8 Å². The fraction of sp³-hybridized carbons (Fsp3) is 0.300. The number of carbonyl (C=O) groups excluding carboxylic acids is 1. The van der Waals surface area contributed by atoms with Gasteiger partial charge >= 0.3 is 0 Å². The molecule has 0 atom stereocenters. The normalized spacial score (nSPS) is 14.6. The molecule has 1 aliphatic heterocycles. The second kappa shape index (κ2) is 7.58. The Bertz CT molecular complexity index is 848. The fourth-order valence-electron chi connectivity index (χ4n) is 3.41. The third-order valence-electron chi connectivity index (χ3n) is 4.75. The second-order valence-corrected chi connectivity index (χ2v) is 6.52. The predicted molar refractivity (Wildman–Crippen MR) is 101 cm³/mol. The van der Waals surface area contributed by atoms with Crippen LogP contribution in [-0.2, 0) is 0 Å². The first-order valence-electron chi connectivity index (χ1n) is 9.10. The van der Waals surface area contributed by atoms with Gasteiger partial charge in [0.05, 0.1) is 11.9 Å². The van der Waals surface area contributed by atoms with Crippen LogP contribution in [0.4, 0.5) is 0 Å². The number of rotatable bonds is 6. The number of hydrogen-bond acceptors (Lipinski definition) is 3. The first-order valence-corrected chi connectivity index (χ1v) is 9.10. The minimum absolute atomic E-state index is 0.0879. The Morgan fingerprint density at radius 3 is 2.50 bits per heavy atom. The SMILES string of the molecule is O=C(NCCN1CCCC1)c1cnn(-c2ccccc2)c1-n1cccc1. The van der Waals surface area contributed by atoms with Crippen molar-refractivity contribution in [2.75, 3.05) is 26.2 Å². The minimum atomic E-state index is -0.0879. The standard InChI is InChI=1S/C20H23N5O/c26-19(21-10-15-23-11-4-5-12-23)18-16-22-25(17-8-2-1-3-9-17)20(18)24-13-6-7-14-24/h1-3,6-9,13-14,16H,4-5,10-12,15H2,(H,21,26). The molecule has 134 valence electrons. The molecule has 0 saturated carbocycles. The van der Waals surface area contributed by atoms with Crippen molar-refractivity contribution in [1.82, 2.24) is 24.6 Å². The molecule has 6 heteroatoms. The van der Waals surface area contributed by atoms with Gasteiger partial charge in [-0.25, -0.2) is 4.68 Å². The van der Waals surface area contributed by atoms with E-state index in [4.69, 9.17) is 0 Å². The molecule has 0 spiro atoms. The topological polar surface area (TPSA) is 55.1 Å². The van der Waals surface area contributed by atoms with Gasteiger partial charge in [0.25, 0.3) is 5.91 Å². The van der Waals surface area contributed by atoms with Gasteiger partial charge in [0, 0.05) is 25.5 Å². The molecular weight excluding hydrogens is 326 g/mol. The van der Waals surface area contributed by atoms with Gasteiger partial charge in [-0.2, -0.15) is 5.10 Å². The second-order valence-electron chi connectivity index (χ2n) is 6.52. The predicted octanol–water partition coefficient (Wildman–Crippen LogP) is 2.49. The summed E-state index contributed by atoms with van der Waals surface area (Å²) in [5.41, 5.74) is 1.50. The smallest absolute Gasteiger partial charge is 0.256 e. The van der Waals surface area contributed by atoms with Crippen LogP contribution >= 0.6 is 0 Å². The highest BCUT2D eigenvalue weighted by Gasteiger charge is 2.20. The third-order valence-corrected chi connectivity index (χ3v) is 4.75. The average Bonchev–Trinajstić information content (AvgIpc) is 3.42. The zero-order valence-corrected chi connectivity index (χ0v) is 14.7. The summed E-state index contributed by atoms with van der Waals surface area (Å²) in [6.45, 7) is 3.82. The highest BCUT2D eigenvalue weighted by Crippen LogP contribution is 2.19. The lowest BCUT2D eigenvalue weighted by Gasteiger charge is -2.15. The molecule has 2 aromatic heterocycles. The van der Waals surface area contributed by atoms with Gasteiger partial charge in [0.15, 0.2) is 5.82 Å². The molecule has 1 saturated heterocycles. The van der Waals surface area contributed by atoms with E-state index in [1.807, 2.05) is 59.4 Å². The summed E-state index contributed by atoms with van der Waals surface area (Å²) in [6.07, 6.45) is 8.02. The minimum Gasteiger partial charge on any atom is -0.351 e. The largest absolute Gasteiger partial charge is 0.351 e. The number of para-hydroxylation sites is 1. The highest BCUT2D eigenvalue weighted by atomic mass is 16.1. The zero-order valence-electron chi connectivity index (χ0n) is 14.7. The van der Waals surface area contributed by atoms with Crippen LogP contribution in [0.5, 0.6) is 0 Å². The van der Waals surface area contributed by atoms with Gasteiger partial charge in [-0.15, -0.1) is 0 Å². The highest BCUT2D eigenvalue weighted by molar-refractivity contribution is 5.97. The fourth-order valence-corrected chi connectivity index (χ4v) is 3.41. The zero-order chi connectivity index (χ0) is 17.8. The molecule has 1 fully saturated rings. The lowest BCUT2D eigenvalue weighted by Crippen LogP contribution is -2.33. The maximum absolute atomic E-state index is 12.8.